The molecule has 1 aromatic rings. The number of allylic oxidation sites excluding steroid dienone is 2. The minimum atomic E-state index is -0.690. The number of hydrogen-bond acceptors (Lipinski definition) is 6. The second kappa shape index (κ2) is 7.03. The second-order valence-electron chi connectivity index (χ2n) is 6.96. The molecule has 0 aromatic heterocycles. The van der Waals surface area contributed by atoms with Crippen molar-refractivity contribution in [1.29, 1.82) is 0 Å². The number of rotatable bonds is 5. The van der Waals surface area contributed by atoms with E-state index in [2.05, 4.69) is 0 Å². The number of benzene rings is 1. The third-order valence-corrected chi connectivity index (χ3v) is 5.37. The van der Waals surface area contributed by atoms with Crippen LogP contribution in [0.3, 0.4) is 0 Å². The van der Waals surface area contributed by atoms with E-state index in [1.165, 1.54) is 12.1 Å². The van der Waals surface area contributed by atoms with Crippen LogP contribution < -0.4 is 0 Å². The molecule has 1 fully saturated rings. The van der Waals surface area contributed by atoms with Gasteiger partial charge in [-0.05, 0) is 25.0 Å². The fourth-order valence-corrected chi connectivity index (χ4v) is 3.86. The van der Waals surface area contributed by atoms with Crippen molar-refractivity contribution in [2.75, 3.05) is 13.3 Å². The Hall–Kier alpha value is -3.29. The Morgan fingerprint density at radius 1 is 0.893 bits per heavy atom. The summed E-state index contributed by atoms with van der Waals surface area (Å²) in [4.78, 5) is 63.2. The number of imide groups is 2. The molecule has 0 bridgehead atoms. The highest BCUT2D eigenvalue weighted by Gasteiger charge is 2.47. The zero-order valence-electron chi connectivity index (χ0n) is 15.0. The summed E-state index contributed by atoms with van der Waals surface area (Å²) in [6.45, 7) is -0.562. The van der Waals surface area contributed by atoms with Crippen LogP contribution in [0.4, 0.5) is 0 Å². The van der Waals surface area contributed by atoms with E-state index in [4.69, 9.17) is 4.74 Å². The molecule has 4 rings (SSSR count). The highest BCUT2D eigenvalue weighted by atomic mass is 16.5. The average molecular weight is 382 g/mol. The van der Waals surface area contributed by atoms with E-state index >= 15 is 0 Å². The number of nitrogens with zero attached hydrogens (tertiary/aromatic N) is 2. The lowest BCUT2D eigenvalue weighted by Crippen LogP contribution is -2.35. The molecule has 1 saturated heterocycles. The van der Waals surface area contributed by atoms with E-state index < -0.39 is 24.5 Å². The average Bonchev–Trinajstić information content (AvgIpc) is 3.10. The minimum absolute atomic E-state index is 0.0639. The third kappa shape index (κ3) is 2.90. The van der Waals surface area contributed by atoms with Crippen molar-refractivity contribution in [2.45, 2.75) is 19.3 Å². The Bertz CT molecular complexity index is 860. The number of hydrogen-bond donors (Lipinski definition) is 0. The van der Waals surface area contributed by atoms with E-state index in [0.717, 1.165) is 9.80 Å². The van der Waals surface area contributed by atoms with Crippen LogP contribution >= 0.6 is 0 Å². The summed E-state index contributed by atoms with van der Waals surface area (Å²) in [5.74, 6) is -2.92. The lowest BCUT2D eigenvalue weighted by molar-refractivity contribution is -0.147. The van der Waals surface area contributed by atoms with Crippen molar-refractivity contribution in [1.82, 2.24) is 9.80 Å². The smallest absolute Gasteiger partial charge is 0.309 e. The van der Waals surface area contributed by atoms with Gasteiger partial charge in [0.2, 0.25) is 11.8 Å². The molecule has 3 aliphatic rings. The Morgan fingerprint density at radius 2 is 1.43 bits per heavy atom. The van der Waals surface area contributed by atoms with Gasteiger partial charge in [-0.2, -0.15) is 0 Å². The Kier molecular flexibility index (Phi) is 4.54. The van der Waals surface area contributed by atoms with Crippen molar-refractivity contribution in [3.8, 4) is 0 Å². The van der Waals surface area contributed by atoms with Crippen LogP contribution in [0.25, 0.3) is 0 Å². The first-order valence-corrected chi connectivity index (χ1v) is 9.10. The summed E-state index contributed by atoms with van der Waals surface area (Å²) in [6, 6.07) is 6.38. The molecule has 2 heterocycles. The summed E-state index contributed by atoms with van der Waals surface area (Å²) in [5.41, 5.74) is 0.543. The maximum Gasteiger partial charge on any atom is 0.309 e. The van der Waals surface area contributed by atoms with Crippen LogP contribution in [0.2, 0.25) is 0 Å². The first-order chi connectivity index (χ1) is 13.5. The van der Waals surface area contributed by atoms with Crippen molar-refractivity contribution in [2.24, 2.45) is 11.8 Å². The highest BCUT2D eigenvalue weighted by molar-refractivity contribution is 6.21. The van der Waals surface area contributed by atoms with Crippen LogP contribution in [0, 0.1) is 11.8 Å². The van der Waals surface area contributed by atoms with Gasteiger partial charge in [-0.3, -0.25) is 28.9 Å². The van der Waals surface area contributed by atoms with Crippen LogP contribution in [0.15, 0.2) is 36.4 Å². The Labute approximate surface area is 160 Å². The molecule has 28 heavy (non-hydrogen) atoms. The number of carbonyl (C=O) groups is 5. The summed E-state index contributed by atoms with van der Waals surface area (Å²) in [5, 5.41) is 0. The number of amides is 4. The van der Waals surface area contributed by atoms with E-state index in [1.807, 2.05) is 12.2 Å². The van der Waals surface area contributed by atoms with E-state index in [9.17, 15) is 24.0 Å². The second-order valence-corrected chi connectivity index (χ2v) is 6.96. The van der Waals surface area contributed by atoms with Crippen molar-refractivity contribution < 1.29 is 28.7 Å². The lowest BCUT2D eigenvalue weighted by atomic mass is 9.85. The number of carbonyl (C=O) groups excluding carboxylic acids is 5. The van der Waals surface area contributed by atoms with Gasteiger partial charge in [-0.25, -0.2) is 4.90 Å². The maximum atomic E-state index is 12.4. The van der Waals surface area contributed by atoms with Crippen LogP contribution in [-0.2, 0) is 19.1 Å². The van der Waals surface area contributed by atoms with Crippen molar-refractivity contribution in [3.05, 3.63) is 47.5 Å². The maximum absolute atomic E-state index is 12.4. The number of esters is 1. The SMILES string of the molecule is O=C(CCN1C(=O)[C@H]2CC=CC[C@H]2C1=O)OCN1C(=O)c2ccccc2C1=O. The standard InChI is InChI=1S/C20H18N2O6/c23-16(9-10-21-17(24)12-5-1-2-6-13(12)18(21)25)28-11-22-19(26)14-7-3-4-8-15(14)20(22)27/h1-4,7-8,12-13H,5-6,9-11H2/t12-,13+. The van der Waals surface area contributed by atoms with Crippen molar-refractivity contribution >= 4 is 29.6 Å². The van der Waals surface area contributed by atoms with Crippen molar-refractivity contribution in [3.63, 3.8) is 0 Å². The summed E-state index contributed by atoms with van der Waals surface area (Å²) in [6.07, 6.45) is 4.68. The first kappa shape index (κ1) is 18.1. The van der Waals surface area contributed by atoms with E-state index in [1.54, 1.807) is 12.1 Å². The van der Waals surface area contributed by atoms with Gasteiger partial charge < -0.3 is 4.74 Å². The Balaban J connectivity index is 1.30. The van der Waals surface area contributed by atoms with Crippen LogP contribution in [0.5, 0.6) is 0 Å². The predicted molar refractivity (Wildman–Crippen MR) is 94.6 cm³/mol. The van der Waals surface area contributed by atoms with Crippen LogP contribution in [-0.4, -0.2) is 52.7 Å². The molecule has 0 N–H and O–H groups in total. The fraction of sp³-hybridized carbons (Fsp3) is 0.350. The molecule has 2 atom stereocenters. The van der Waals surface area contributed by atoms with Gasteiger partial charge in [0, 0.05) is 6.54 Å². The molecular weight excluding hydrogens is 364 g/mol. The molecule has 2 aliphatic heterocycles. The third-order valence-electron chi connectivity index (χ3n) is 5.37. The predicted octanol–water partition coefficient (Wildman–Crippen LogP) is 1.12. The normalized spacial score (nSPS) is 23.3. The number of fused-ring (bicyclic) bond motifs is 2. The Morgan fingerprint density at radius 3 is 1.96 bits per heavy atom. The summed E-state index contributed by atoms with van der Waals surface area (Å²) in [7, 11) is 0. The van der Waals surface area contributed by atoms with Gasteiger partial charge >= 0.3 is 5.97 Å². The zero-order valence-corrected chi connectivity index (χ0v) is 15.0. The molecule has 8 heteroatoms. The fourth-order valence-electron chi connectivity index (χ4n) is 3.86. The molecule has 0 saturated carbocycles. The van der Waals surface area contributed by atoms with Gasteiger partial charge in [0.1, 0.15) is 0 Å². The molecule has 1 aromatic carbocycles. The monoisotopic (exact) mass is 382 g/mol. The molecule has 144 valence electrons. The molecule has 1 aliphatic carbocycles. The van der Waals surface area contributed by atoms with Gasteiger partial charge in [0.25, 0.3) is 11.8 Å². The van der Waals surface area contributed by atoms with Gasteiger partial charge in [-0.1, -0.05) is 24.3 Å². The van der Waals surface area contributed by atoms with Gasteiger partial charge in [-0.15, -0.1) is 0 Å². The van der Waals surface area contributed by atoms with E-state index in [-0.39, 0.29) is 47.7 Å². The minimum Gasteiger partial charge on any atom is -0.444 e. The van der Waals surface area contributed by atoms with Crippen LogP contribution in [0.1, 0.15) is 40.0 Å². The quantitative estimate of drug-likeness (QED) is 0.430. The lowest BCUT2D eigenvalue weighted by Gasteiger charge is -2.16. The zero-order chi connectivity index (χ0) is 19.8. The molecule has 8 nitrogen and oxygen atoms in total. The van der Waals surface area contributed by atoms with E-state index in [0.29, 0.717) is 12.8 Å². The summed E-state index contributed by atoms with van der Waals surface area (Å²) < 4.78 is 5.03. The number of likely N-dealkylation sites (tertiary alicyclic amines) is 1. The summed E-state index contributed by atoms with van der Waals surface area (Å²) >= 11 is 0. The first-order valence-electron chi connectivity index (χ1n) is 9.10. The topological polar surface area (TPSA) is 101 Å². The van der Waals surface area contributed by atoms with Gasteiger partial charge in [0.15, 0.2) is 6.73 Å². The molecule has 0 unspecified atom stereocenters. The highest BCUT2D eigenvalue weighted by Crippen LogP contribution is 2.35. The molecule has 0 spiro atoms. The van der Waals surface area contributed by atoms with Gasteiger partial charge in [0.05, 0.1) is 29.4 Å². The molecule has 4 amide bonds. The molecular formula is C20H18N2O6. The number of ether oxygens (including phenoxy) is 1. The molecule has 0 radical (unpaired) electrons. The largest absolute Gasteiger partial charge is 0.444 e.